The van der Waals surface area contributed by atoms with E-state index >= 15 is 0 Å². The van der Waals surface area contributed by atoms with E-state index in [9.17, 15) is 9.59 Å². The van der Waals surface area contributed by atoms with Crippen LogP contribution in [-0.4, -0.2) is 29.8 Å². The number of hydrogen-bond donors (Lipinski definition) is 2. The van der Waals surface area contributed by atoms with Crippen LogP contribution in [-0.2, 0) is 9.53 Å². The molecule has 0 bridgehead atoms. The predicted octanol–water partition coefficient (Wildman–Crippen LogP) is 3.18. The van der Waals surface area contributed by atoms with Crippen molar-refractivity contribution < 1.29 is 19.4 Å². The maximum absolute atomic E-state index is 11.4. The molecule has 0 aromatic carbocycles. The van der Waals surface area contributed by atoms with Gasteiger partial charge in [0.05, 0.1) is 6.61 Å². The van der Waals surface area contributed by atoms with Crippen LogP contribution >= 0.6 is 0 Å². The minimum absolute atomic E-state index is 0.168. The van der Waals surface area contributed by atoms with Crippen molar-refractivity contribution in [1.29, 1.82) is 0 Å². The van der Waals surface area contributed by atoms with Gasteiger partial charge in [-0.05, 0) is 12.3 Å². The molecule has 0 unspecified atom stereocenters. The third-order valence-electron chi connectivity index (χ3n) is 2.94. The van der Waals surface area contributed by atoms with Crippen molar-refractivity contribution in [2.24, 2.45) is 5.92 Å². The topological polar surface area (TPSA) is 75.6 Å². The molecular formula is C14H27NO4. The number of carbonyl (C=O) groups is 2. The van der Waals surface area contributed by atoms with Crippen LogP contribution < -0.4 is 5.32 Å². The summed E-state index contributed by atoms with van der Waals surface area (Å²) in [6, 6.07) is -0.892. The van der Waals surface area contributed by atoms with Crippen molar-refractivity contribution in [3.8, 4) is 0 Å². The van der Waals surface area contributed by atoms with Gasteiger partial charge in [0.2, 0.25) is 0 Å². The lowest BCUT2D eigenvalue weighted by Gasteiger charge is -2.17. The van der Waals surface area contributed by atoms with Crippen molar-refractivity contribution in [3.05, 3.63) is 0 Å². The molecule has 0 heterocycles. The van der Waals surface area contributed by atoms with Gasteiger partial charge in [-0.15, -0.1) is 0 Å². The fourth-order valence-corrected chi connectivity index (χ4v) is 1.73. The molecule has 5 nitrogen and oxygen atoms in total. The van der Waals surface area contributed by atoms with E-state index in [1.165, 1.54) is 19.3 Å². The molecule has 5 heteroatoms. The standard InChI is InChI=1S/C14H27NO4/c1-4-5-6-7-8-9-10-19-14(18)15-12(11(2)3)13(16)17/h11-12H,4-10H2,1-3H3,(H,15,18)(H,16,17)/t12-/m1/s1. The third-order valence-corrected chi connectivity index (χ3v) is 2.94. The van der Waals surface area contributed by atoms with Crippen molar-refractivity contribution in [1.82, 2.24) is 5.32 Å². The van der Waals surface area contributed by atoms with Crippen molar-refractivity contribution in [2.75, 3.05) is 6.61 Å². The summed E-state index contributed by atoms with van der Waals surface area (Å²) in [6.45, 7) is 6.00. The van der Waals surface area contributed by atoms with E-state index in [4.69, 9.17) is 9.84 Å². The van der Waals surface area contributed by atoms with Crippen LogP contribution in [0.3, 0.4) is 0 Å². The maximum Gasteiger partial charge on any atom is 0.407 e. The number of ether oxygens (including phenoxy) is 1. The van der Waals surface area contributed by atoms with E-state index in [0.717, 1.165) is 19.3 Å². The molecule has 1 amide bonds. The monoisotopic (exact) mass is 273 g/mol. The van der Waals surface area contributed by atoms with Crippen molar-refractivity contribution in [3.63, 3.8) is 0 Å². The van der Waals surface area contributed by atoms with Crippen molar-refractivity contribution >= 4 is 12.1 Å². The number of carboxylic acid groups (broad SMARTS) is 1. The first-order valence-corrected chi connectivity index (χ1v) is 7.15. The number of carbonyl (C=O) groups excluding carboxylic acids is 1. The minimum atomic E-state index is -1.04. The van der Waals surface area contributed by atoms with E-state index in [2.05, 4.69) is 12.2 Å². The second-order valence-electron chi connectivity index (χ2n) is 5.11. The zero-order chi connectivity index (χ0) is 14.7. The summed E-state index contributed by atoms with van der Waals surface area (Å²) < 4.78 is 4.97. The van der Waals surface area contributed by atoms with E-state index in [-0.39, 0.29) is 5.92 Å². The fraction of sp³-hybridized carbons (Fsp3) is 0.857. The third kappa shape index (κ3) is 9.33. The van der Waals surface area contributed by atoms with Crippen LogP contribution in [0.25, 0.3) is 0 Å². The maximum atomic E-state index is 11.4. The smallest absolute Gasteiger partial charge is 0.407 e. The molecule has 0 aromatic heterocycles. The average molecular weight is 273 g/mol. The van der Waals surface area contributed by atoms with Gasteiger partial charge in [0.25, 0.3) is 0 Å². The number of rotatable bonds is 10. The Bertz CT molecular complexity index is 266. The summed E-state index contributed by atoms with van der Waals surface area (Å²) in [4.78, 5) is 22.3. The summed E-state index contributed by atoms with van der Waals surface area (Å²) in [6.07, 6.45) is 6.06. The van der Waals surface area contributed by atoms with Crippen LogP contribution in [0.2, 0.25) is 0 Å². The summed E-state index contributed by atoms with van der Waals surface area (Å²) >= 11 is 0. The highest BCUT2D eigenvalue weighted by molar-refractivity contribution is 5.80. The van der Waals surface area contributed by atoms with Gasteiger partial charge in [-0.25, -0.2) is 9.59 Å². The molecular weight excluding hydrogens is 246 g/mol. The predicted molar refractivity (Wildman–Crippen MR) is 74.1 cm³/mol. The Labute approximate surface area is 115 Å². The van der Waals surface area contributed by atoms with Gasteiger partial charge in [0.1, 0.15) is 6.04 Å². The zero-order valence-electron chi connectivity index (χ0n) is 12.3. The van der Waals surface area contributed by atoms with Gasteiger partial charge in [-0.2, -0.15) is 0 Å². The minimum Gasteiger partial charge on any atom is -0.480 e. The van der Waals surface area contributed by atoms with E-state index in [1.54, 1.807) is 13.8 Å². The summed E-state index contributed by atoms with van der Waals surface area (Å²) in [7, 11) is 0. The molecule has 0 aliphatic carbocycles. The first-order valence-electron chi connectivity index (χ1n) is 7.15. The summed E-state index contributed by atoms with van der Waals surface area (Å²) in [5.74, 6) is -1.20. The number of nitrogens with one attached hydrogen (secondary N) is 1. The molecule has 0 aliphatic rings. The highest BCUT2D eigenvalue weighted by Crippen LogP contribution is 2.05. The summed E-state index contributed by atoms with van der Waals surface area (Å²) in [5, 5.41) is 11.3. The Morgan fingerprint density at radius 2 is 1.68 bits per heavy atom. The number of amides is 1. The van der Waals surface area contributed by atoms with Gasteiger partial charge < -0.3 is 15.2 Å². The molecule has 2 N–H and O–H groups in total. The van der Waals surface area contributed by atoms with Gasteiger partial charge in [-0.3, -0.25) is 0 Å². The summed E-state index contributed by atoms with van der Waals surface area (Å²) in [5.41, 5.74) is 0. The second kappa shape index (κ2) is 10.6. The molecule has 112 valence electrons. The second-order valence-corrected chi connectivity index (χ2v) is 5.11. The lowest BCUT2D eigenvalue weighted by atomic mass is 10.1. The van der Waals surface area contributed by atoms with Crippen LogP contribution in [0, 0.1) is 5.92 Å². The number of hydrogen-bond acceptors (Lipinski definition) is 3. The molecule has 0 aromatic rings. The van der Waals surface area contributed by atoms with E-state index in [1.807, 2.05) is 0 Å². The number of carboxylic acids is 1. The SMILES string of the molecule is CCCCCCCCOC(=O)N[C@@H](C(=O)O)C(C)C. The van der Waals surface area contributed by atoms with E-state index in [0.29, 0.717) is 6.61 Å². The fourth-order valence-electron chi connectivity index (χ4n) is 1.73. The average Bonchev–Trinajstić information content (AvgIpc) is 2.34. The molecule has 0 rings (SSSR count). The number of alkyl carbamates (subject to hydrolysis) is 1. The number of aliphatic carboxylic acids is 1. The molecule has 1 atom stereocenters. The molecule has 0 fully saturated rings. The zero-order valence-corrected chi connectivity index (χ0v) is 12.3. The molecule has 0 aliphatic heterocycles. The van der Waals surface area contributed by atoms with Crippen LogP contribution in [0.4, 0.5) is 4.79 Å². The van der Waals surface area contributed by atoms with Crippen LogP contribution in [0.15, 0.2) is 0 Å². The highest BCUT2D eigenvalue weighted by Gasteiger charge is 2.23. The lowest BCUT2D eigenvalue weighted by molar-refractivity contribution is -0.140. The molecule has 19 heavy (non-hydrogen) atoms. The Balaban J connectivity index is 3.66. The quantitative estimate of drug-likeness (QED) is 0.599. The van der Waals surface area contributed by atoms with Gasteiger partial charge in [0.15, 0.2) is 0 Å². The van der Waals surface area contributed by atoms with Crippen LogP contribution in [0.5, 0.6) is 0 Å². The van der Waals surface area contributed by atoms with Gasteiger partial charge in [-0.1, -0.05) is 52.9 Å². The molecule has 0 spiro atoms. The Morgan fingerprint density at radius 1 is 1.11 bits per heavy atom. The van der Waals surface area contributed by atoms with E-state index < -0.39 is 18.1 Å². The largest absolute Gasteiger partial charge is 0.480 e. The Hall–Kier alpha value is -1.26. The van der Waals surface area contributed by atoms with Gasteiger partial charge in [0, 0.05) is 0 Å². The first kappa shape index (κ1) is 17.7. The molecule has 0 radical (unpaired) electrons. The first-order chi connectivity index (χ1) is 8.99. The van der Waals surface area contributed by atoms with Crippen molar-refractivity contribution in [2.45, 2.75) is 65.3 Å². The normalized spacial score (nSPS) is 12.2. The van der Waals surface area contributed by atoms with Gasteiger partial charge >= 0.3 is 12.1 Å². The molecule has 0 saturated heterocycles. The molecule has 0 saturated carbocycles. The Kier molecular flexibility index (Phi) is 9.94. The Morgan fingerprint density at radius 3 is 2.21 bits per heavy atom. The lowest BCUT2D eigenvalue weighted by Crippen LogP contribution is -2.44. The highest BCUT2D eigenvalue weighted by atomic mass is 16.5. The van der Waals surface area contributed by atoms with Crippen LogP contribution in [0.1, 0.15) is 59.3 Å². The number of unbranched alkanes of at least 4 members (excludes halogenated alkanes) is 5.